The Morgan fingerprint density at radius 2 is 2.05 bits per heavy atom. The van der Waals surface area contributed by atoms with Gasteiger partial charge in [0.2, 0.25) is 0 Å². The fraction of sp³-hybridized carbons (Fsp3) is 0.562. The lowest BCUT2D eigenvalue weighted by Crippen LogP contribution is -2.41. The van der Waals surface area contributed by atoms with Gasteiger partial charge in [0.15, 0.2) is 0 Å². The summed E-state index contributed by atoms with van der Waals surface area (Å²) in [5.74, 6) is 0.962. The van der Waals surface area contributed by atoms with E-state index in [2.05, 4.69) is 50.4 Å². The Morgan fingerprint density at radius 1 is 1.32 bits per heavy atom. The van der Waals surface area contributed by atoms with Crippen molar-refractivity contribution in [2.24, 2.45) is 0 Å². The molecule has 19 heavy (non-hydrogen) atoms. The van der Waals surface area contributed by atoms with E-state index in [1.54, 1.807) is 0 Å². The Balaban J connectivity index is 2.48. The molecule has 0 heterocycles. The van der Waals surface area contributed by atoms with Gasteiger partial charge in [0.25, 0.3) is 0 Å². The smallest absolute Gasteiger partial charge is 0.104 e. The van der Waals surface area contributed by atoms with E-state index in [1.807, 2.05) is 18.7 Å². The van der Waals surface area contributed by atoms with Crippen molar-refractivity contribution in [1.82, 2.24) is 5.32 Å². The molecule has 0 aliphatic rings. The maximum Gasteiger partial charge on any atom is 0.104 e. The molecular formula is C16H24N2S. The van der Waals surface area contributed by atoms with Crippen LogP contribution in [0.3, 0.4) is 0 Å². The fourth-order valence-electron chi connectivity index (χ4n) is 1.76. The minimum Gasteiger partial charge on any atom is -0.300 e. The number of rotatable bonds is 7. The average Bonchev–Trinajstić information content (AvgIpc) is 2.40. The van der Waals surface area contributed by atoms with Crippen LogP contribution in [0.5, 0.6) is 0 Å². The second-order valence-electron chi connectivity index (χ2n) is 5.22. The van der Waals surface area contributed by atoms with E-state index in [0.29, 0.717) is 0 Å². The summed E-state index contributed by atoms with van der Waals surface area (Å²) in [6.07, 6.45) is 1.92. The van der Waals surface area contributed by atoms with Crippen LogP contribution in [0.25, 0.3) is 0 Å². The number of nitrogens with one attached hydrogen (secondary N) is 1. The standard InChI is InChI=1S/C16H24N2S/c1-5-9-18-16(4,12-17)8-10-19-15-7-6-13(2)14(3)11-15/h6-7,11,18H,5,8-10H2,1-4H3. The summed E-state index contributed by atoms with van der Waals surface area (Å²) in [5, 5.41) is 12.6. The number of nitrogens with zero attached hydrogens (tertiary/aromatic N) is 1. The molecule has 3 heteroatoms. The summed E-state index contributed by atoms with van der Waals surface area (Å²) in [4.78, 5) is 1.29. The Morgan fingerprint density at radius 3 is 2.63 bits per heavy atom. The van der Waals surface area contributed by atoms with Crippen LogP contribution in [0.4, 0.5) is 0 Å². The number of nitriles is 1. The Labute approximate surface area is 121 Å². The largest absolute Gasteiger partial charge is 0.300 e. The highest BCUT2D eigenvalue weighted by molar-refractivity contribution is 7.99. The van der Waals surface area contributed by atoms with Gasteiger partial charge in [0.1, 0.15) is 5.54 Å². The van der Waals surface area contributed by atoms with Crippen LogP contribution < -0.4 is 5.32 Å². The second kappa shape index (κ2) is 7.57. The van der Waals surface area contributed by atoms with E-state index < -0.39 is 5.54 Å². The van der Waals surface area contributed by atoms with Gasteiger partial charge in [-0.1, -0.05) is 13.0 Å². The topological polar surface area (TPSA) is 35.8 Å². The van der Waals surface area contributed by atoms with E-state index in [1.165, 1.54) is 16.0 Å². The quantitative estimate of drug-likeness (QED) is 0.763. The van der Waals surface area contributed by atoms with Crippen LogP contribution in [-0.4, -0.2) is 17.8 Å². The lowest BCUT2D eigenvalue weighted by atomic mass is 10.0. The summed E-state index contributed by atoms with van der Waals surface area (Å²) in [6, 6.07) is 8.95. The SMILES string of the molecule is CCCNC(C)(C#N)CCSc1ccc(C)c(C)c1. The Kier molecular flexibility index (Phi) is 6.41. The third kappa shape index (κ3) is 5.26. The van der Waals surface area contributed by atoms with Gasteiger partial charge in [-0.25, -0.2) is 0 Å². The summed E-state index contributed by atoms with van der Waals surface area (Å²) < 4.78 is 0. The first-order valence-electron chi connectivity index (χ1n) is 6.87. The van der Waals surface area contributed by atoms with Crippen LogP contribution in [0.2, 0.25) is 0 Å². The molecule has 0 aliphatic heterocycles. The summed E-state index contributed by atoms with van der Waals surface area (Å²) in [5.41, 5.74) is 2.26. The van der Waals surface area contributed by atoms with Gasteiger partial charge < -0.3 is 0 Å². The molecule has 0 amide bonds. The molecule has 1 N–H and O–H groups in total. The molecule has 104 valence electrons. The molecule has 0 aliphatic carbocycles. The zero-order valence-corrected chi connectivity index (χ0v) is 13.2. The second-order valence-corrected chi connectivity index (χ2v) is 6.38. The molecule has 1 aromatic rings. The van der Waals surface area contributed by atoms with Gasteiger partial charge in [0.05, 0.1) is 6.07 Å². The molecule has 1 atom stereocenters. The van der Waals surface area contributed by atoms with Crippen molar-refractivity contribution in [3.05, 3.63) is 29.3 Å². The van der Waals surface area contributed by atoms with E-state index in [9.17, 15) is 5.26 Å². The number of thioether (sulfide) groups is 1. The first-order valence-corrected chi connectivity index (χ1v) is 7.85. The highest BCUT2D eigenvalue weighted by Gasteiger charge is 2.21. The van der Waals surface area contributed by atoms with E-state index in [4.69, 9.17) is 0 Å². The monoisotopic (exact) mass is 276 g/mol. The maximum atomic E-state index is 9.27. The summed E-state index contributed by atoms with van der Waals surface area (Å²) >= 11 is 1.83. The number of aryl methyl sites for hydroxylation is 2. The lowest BCUT2D eigenvalue weighted by Gasteiger charge is -2.22. The van der Waals surface area contributed by atoms with Crippen LogP contribution >= 0.6 is 11.8 Å². The zero-order valence-electron chi connectivity index (χ0n) is 12.4. The van der Waals surface area contributed by atoms with E-state index in [0.717, 1.165) is 25.1 Å². The van der Waals surface area contributed by atoms with Crippen LogP contribution in [0.1, 0.15) is 37.8 Å². The van der Waals surface area contributed by atoms with Gasteiger partial charge in [-0.05, 0) is 63.4 Å². The van der Waals surface area contributed by atoms with Crippen molar-refractivity contribution in [1.29, 1.82) is 5.26 Å². The van der Waals surface area contributed by atoms with Crippen LogP contribution in [0.15, 0.2) is 23.1 Å². The lowest BCUT2D eigenvalue weighted by molar-refractivity contribution is 0.437. The normalized spacial score (nSPS) is 13.8. The predicted octanol–water partition coefficient (Wildman–Crippen LogP) is 4.07. The van der Waals surface area contributed by atoms with E-state index >= 15 is 0 Å². The van der Waals surface area contributed by atoms with Crippen LogP contribution in [-0.2, 0) is 0 Å². The van der Waals surface area contributed by atoms with Crippen molar-refractivity contribution in [2.75, 3.05) is 12.3 Å². The maximum absolute atomic E-state index is 9.27. The minimum atomic E-state index is -0.400. The molecular weight excluding hydrogens is 252 g/mol. The predicted molar refractivity (Wildman–Crippen MR) is 83.6 cm³/mol. The third-order valence-electron chi connectivity index (χ3n) is 3.36. The third-order valence-corrected chi connectivity index (χ3v) is 4.36. The Hall–Kier alpha value is -0.980. The fourth-order valence-corrected chi connectivity index (χ4v) is 2.93. The number of benzene rings is 1. The molecule has 0 fully saturated rings. The van der Waals surface area contributed by atoms with Gasteiger partial charge in [-0.2, -0.15) is 5.26 Å². The molecule has 0 saturated carbocycles. The van der Waals surface area contributed by atoms with Gasteiger partial charge in [-0.3, -0.25) is 5.32 Å². The minimum absolute atomic E-state index is 0.400. The highest BCUT2D eigenvalue weighted by atomic mass is 32.2. The van der Waals surface area contributed by atoms with E-state index in [-0.39, 0.29) is 0 Å². The molecule has 2 nitrogen and oxygen atoms in total. The molecule has 1 aromatic carbocycles. The van der Waals surface area contributed by atoms with Crippen molar-refractivity contribution in [3.63, 3.8) is 0 Å². The average molecular weight is 276 g/mol. The van der Waals surface area contributed by atoms with Gasteiger partial charge >= 0.3 is 0 Å². The number of hydrogen-bond acceptors (Lipinski definition) is 3. The molecule has 0 bridgehead atoms. The van der Waals surface area contributed by atoms with Crippen molar-refractivity contribution in [3.8, 4) is 6.07 Å². The molecule has 1 unspecified atom stereocenters. The van der Waals surface area contributed by atoms with Crippen molar-refractivity contribution >= 4 is 11.8 Å². The molecule has 0 spiro atoms. The molecule has 0 aromatic heterocycles. The molecule has 0 radical (unpaired) electrons. The zero-order chi connectivity index (χ0) is 14.3. The number of hydrogen-bond donors (Lipinski definition) is 1. The van der Waals surface area contributed by atoms with Crippen molar-refractivity contribution in [2.45, 2.75) is 51.0 Å². The molecule has 1 rings (SSSR count). The highest BCUT2D eigenvalue weighted by Crippen LogP contribution is 2.24. The molecule has 0 saturated heterocycles. The van der Waals surface area contributed by atoms with Gasteiger partial charge in [0, 0.05) is 10.6 Å². The van der Waals surface area contributed by atoms with Crippen molar-refractivity contribution < 1.29 is 0 Å². The summed E-state index contributed by atoms with van der Waals surface area (Å²) in [6.45, 7) is 9.28. The van der Waals surface area contributed by atoms with Gasteiger partial charge in [-0.15, -0.1) is 11.8 Å². The Bertz CT molecular complexity index is 451. The first-order chi connectivity index (χ1) is 9.00. The first kappa shape index (κ1) is 16.1. The summed E-state index contributed by atoms with van der Waals surface area (Å²) in [7, 11) is 0. The van der Waals surface area contributed by atoms with Crippen LogP contribution in [0, 0.1) is 25.2 Å².